The van der Waals surface area contributed by atoms with E-state index in [9.17, 15) is 5.11 Å². The van der Waals surface area contributed by atoms with Gasteiger partial charge in [-0.05, 0) is 6.42 Å². The van der Waals surface area contributed by atoms with Crippen molar-refractivity contribution in [2.45, 2.75) is 83.7 Å². The van der Waals surface area contributed by atoms with Gasteiger partial charge in [-0.15, -0.1) is 0 Å². The molecule has 1 atom stereocenters. The van der Waals surface area contributed by atoms with E-state index in [1.54, 1.807) is 0 Å². The third-order valence-electron chi connectivity index (χ3n) is 3.44. The van der Waals surface area contributed by atoms with E-state index in [2.05, 4.69) is 6.92 Å². The van der Waals surface area contributed by atoms with E-state index in [0.29, 0.717) is 13.2 Å². The number of rotatable bonds is 15. The fourth-order valence-corrected chi connectivity index (χ4v) is 2.23. The minimum Gasteiger partial charge on any atom is -0.394 e. The van der Waals surface area contributed by atoms with Crippen LogP contribution in [0.5, 0.6) is 0 Å². The number of aliphatic hydroxyl groups excluding tert-OH is 2. The zero-order valence-corrected chi connectivity index (χ0v) is 15.7. The van der Waals surface area contributed by atoms with Gasteiger partial charge >= 0.3 is 10.4 Å². The molecule has 0 saturated heterocycles. The van der Waals surface area contributed by atoms with E-state index in [-0.39, 0.29) is 12.7 Å². The fraction of sp³-hybridized carbons (Fsp3) is 1.00. The lowest BCUT2D eigenvalue weighted by Crippen LogP contribution is -2.16. The largest absolute Gasteiger partial charge is 0.394 e. The summed E-state index contributed by atoms with van der Waals surface area (Å²) in [6.07, 6.45) is 13.6. The van der Waals surface area contributed by atoms with Crippen molar-refractivity contribution in [3.05, 3.63) is 0 Å². The molecule has 0 amide bonds. The van der Waals surface area contributed by atoms with E-state index in [4.69, 9.17) is 27.4 Å². The number of unbranched alkanes of at least 4 members (excludes halogenated alkanes) is 9. The first-order valence-corrected chi connectivity index (χ1v) is 10.3. The minimum absolute atomic E-state index is 0.0327. The van der Waals surface area contributed by atoms with Gasteiger partial charge in [0.2, 0.25) is 0 Å². The molecule has 0 aromatic heterocycles. The van der Waals surface area contributed by atoms with Crippen LogP contribution in [0.25, 0.3) is 0 Å². The summed E-state index contributed by atoms with van der Waals surface area (Å²) in [7, 11) is -4.67. The molecule has 0 bridgehead atoms. The number of hydrogen-bond acceptors (Lipinski definition) is 5. The second-order valence-electron chi connectivity index (χ2n) is 5.87. The summed E-state index contributed by atoms with van der Waals surface area (Å²) in [5.74, 6) is 0. The van der Waals surface area contributed by atoms with Crippen LogP contribution in [0.1, 0.15) is 77.6 Å². The fourth-order valence-electron chi connectivity index (χ4n) is 2.23. The second-order valence-corrected chi connectivity index (χ2v) is 6.77. The van der Waals surface area contributed by atoms with Crippen molar-refractivity contribution in [1.29, 1.82) is 0 Å². The highest BCUT2D eigenvalue weighted by molar-refractivity contribution is 7.79. The highest BCUT2D eigenvalue weighted by atomic mass is 32.3. The average Bonchev–Trinajstić information content (AvgIpc) is 2.48. The summed E-state index contributed by atoms with van der Waals surface area (Å²) >= 11 is 0. The van der Waals surface area contributed by atoms with Crippen molar-refractivity contribution in [1.82, 2.24) is 0 Å². The Kier molecular flexibility index (Phi) is 20.7. The molecule has 8 heteroatoms. The van der Waals surface area contributed by atoms with Gasteiger partial charge in [0.05, 0.1) is 25.9 Å². The Hall–Kier alpha value is -0.250. The molecule has 1 unspecified atom stereocenters. The smallest absolute Gasteiger partial charge is 0.394 e. The van der Waals surface area contributed by atoms with Gasteiger partial charge in [-0.1, -0.05) is 71.1 Å². The number of hydrogen-bond donors (Lipinski definition) is 4. The molecule has 0 radical (unpaired) electrons. The summed E-state index contributed by atoms with van der Waals surface area (Å²) in [5.41, 5.74) is 0. The monoisotopic (exact) mass is 372 g/mol. The molecule has 148 valence electrons. The standard InChI is InChI=1S/C16H34O3.H2O4S/c1-2-3-4-5-6-7-8-9-10-11-12-16(18)15-19-14-13-17;1-5(2,3)4/h16-18H,2-15H2,1H3;(H2,1,2,3,4). The molecule has 4 N–H and O–H groups in total. The highest BCUT2D eigenvalue weighted by Gasteiger charge is 2.03. The van der Waals surface area contributed by atoms with Gasteiger partial charge in [0.15, 0.2) is 0 Å². The van der Waals surface area contributed by atoms with Crippen molar-refractivity contribution in [2.24, 2.45) is 0 Å². The van der Waals surface area contributed by atoms with Crippen molar-refractivity contribution in [3.8, 4) is 0 Å². The van der Waals surface area contributed by atoms with Crippen molar-refractivity contribution >= 4 is 10.4 Å². The lowest BCUT2D eigenvalue weighted by Gasteiger charge is -2.10. The van der Waals surface area contributed by atoms with Crippen LogP contribution in [-0.4, -0.2) is 53.7 Å². The van der Waals surface area contributed by atoms with Crippen LogP contribution in [0.4, 0.5) is 0 Å². The Bertz CT molecular complexity index is 325. The Morgan fingerprint density at radius 1 is 0.875 bits per heavy atom. The van der Waals surface area contributed by atoms with E-state index in [1.165, 1.54) is 57.8 Å². The predicted molar refractivity (Wildman–Crippen MR) is 94.6 cm³/mol. The molecule has 0 aliphatic heterocycles. The number of aliphatic hydroxyl groups is 2. The van der Waals surface area contributed by atoms with Gasteiger partial charge < -0.3 is 14.9 Å². The van der Waals surface area contributed by atoms with Gasteiger partial charge in [-0.3, -0.25) is 9.11 Å². The van der Waals surface area contributed by atoms with Crippen LogP contribution in [-0.2, 0) is 15.1 Å². The van der Waals surface area contributed by atoms with Gasteiger partial charge in [0, 0.05) is 0 Å². The second kappa shape index (κ2) is 19.1. The third kappa shape index (κ3) is 33.4. The highest BCUT2D eigenvalue weighted by Crippen LogP contribution is 2.12. The van der Waals surface area contributed by atoms with Crippen molar-refractivity contribution in [3.63, 3.8) is 0 Å². The van der Waals surface area contributed by atoms with E-state index < -0.39 is 10.4 Å². The molecule has 0 aliphatic carbocycles. The Morgan fingerprint density at radius 2 is 1.29 bits per heavy atom. The average molecular weight is 373 g/mol. The quantitative estimate of drug-likeness (QED) is 0.257. The zero-order chi connectivity index (χ0) is 18.7. The van der Waals surface area contributed by atoms with Gasteiger partial charge in [0.1, 0.15) is 0 Å². The Morgan fingerprint density at radius 3 is 1.71 bits per heavy atom. The molecule has 0 fully saturated rings. The van der Waals surface area contributed by atoms with Crippen molar-refractivity contribution in [2.75, 3.05) is 19.8 Å². The lowest BCUT2D eigenvalue weighted by molar-refractivity contribution is 0.0170. The zero-order valence-electron chi connectivity index (χ0n) is 14.9. The molecule has 0 aliphatic rings. The molecule has 24 heavy (non-hydrogen) atoms. The normalized spacial score (nSPS) is 12.5. The first-order valence-electron chi connectivity index (χ1n) is 8.87. The molecule has 7 nitrogen and oxygen atoms in total. The number of ether oxygens (including phenoxy) is 1. The van der Waals surface area contributed by atoms with Crippen LogP contribution in [0.2, 0.25) is 0 Å². The molecule has 0 aromatic carbocycles. The maximum absolute atomic E-state index is 9.59. The van der Waals surface area contributed by atoms with Gasteiger partial charge in [-0.25, -0.2) is 0 Å². The Balaban J connectivity index is 0. The van der Waals surface area contributed by atoms with Crippen LogP contribution in [0.15, 0.2) is 0 Å². The van der Waals surface area contributed by atoms with Crippen LogP contribution in [0, 0.1) is 0 Å². The summed E-state index contributed by atoms with van der Waals surface area (Å²) in [6.45, 7) is 2.97. The summed E-state index contributed by atoms with van der Waals surface area (Å²) in [4.78, 5) is 0. The predicted octanol–water partition coefficient (Wildman–Crippen LogP) is 3.01. The van der Waals surface area contributed by atoms with E-state index >= 15 is 0 Å². The molecular weight excluding hydrogens is 336 g/mol. The summed E-state index contributed by atoms with van der Waals surface area (Å²) in [5, 5.41) is 18.1. The van der Waals surface area contributed by atoms with Gasteiger partial charge in [-0.2, -0.15) is 8.42 Å². The maximum atomic E-state index is 9.59. The van der Waals surface area contributed by atoms with Crippen molar-refractivity contribution < 1.29 is 32.5 Å². The van der Waals surface area contributed by atoms with E-state index in [1.807, 2.05) is 0 Å². The molecule has 0 rings (SSSR count). The molecule has 0 aromatic rings. The topological polar surface area (TPSA) is 124 Å². The Labute approximate surface area is 147 Å². The van der Waals surface area contributed by atoms with E-state index in [0.717, 1.165) is 12.8 Å². The first kappa shape index (κ1) is 26.0. The first-order chi connectivity index (χ1) is 11.3. The summed E-state index contributed by atoms with van der Waals surface area (Å²) in [6, 6.07) is 0. The minimum atomic E-state index is -4.67. The van der Waals surface area contributed by atoms with Crippen LogP contribution >= 0.6 is 0 Å². The van der Waals surface area contributed by atoms with Gasteiger partial charge in [0.25, 0.3) is 0 Å². The molecule has 0 saturated carbocycles. The SMILES string of the molecule is CCCCCCCCCCCCC(O)COCCO.O=S(=O)(O)O. The third-order valence-corrected chi connectivity index (χ3v) is 3.44. The molecular formula is C16H36O7S. The maximum Gasteiger partial charge on any atom is 0.394 e. The summed E-state index contributed by atoms with van der Waals surface area (Å²) < 4.78 is 36.7. The lowest BCUT2D eigenvalue weighted by atomic mass is 10.0. The molecule has 0 heterocycles. The molecule has 0 spiro atoms. The van der Waals surface area contributed by atoms with Crippen LogP contribution < -0.4 is 0 Å². The van der Waals surface area contributed by atoms with Crippen LogP contribution in [0.3, 0.4) is 0 Å².